The standard InChI is InChI=1S/C16H14FN3/c1-10-2-7-13(14(18)8-10)16-19-9-15(20-16)11-3-5-12(17)6-4-11/h2-9H,18H2,1H3,(H,19,20). The molecule has 20 heavy (non-hydrogen) atoms. The number of imidazole rings is 1. The number of nitrogens with zero attached hydrogens (tertiary/aromatic N) is 1. The number of aromatic nitrogens is 2. The molecular formula is C16H14FN3. The monoisotopic (exact) mass is 267 g/mol. The van der Waals surface area contributed by atoms with E-state index >= 15 is 0 Å². The van der Waals surface area contributed by atoms with Gasteiger partial charge in [-0.15, -0.1) is 0 Å². The molecule has 1 heterocycles. The second kappa shape index (κ2) is 4.81. The van der Waals surface area contributed by atoms with Gasteiger partial charge >= 0.3 is 0 Å². The number of hydrogen-bond acceptors (Lipinski definition) is 2. The van der Waals surface area contributed by atoms with E-state index in [0.29, 0.717) is 11.5 Å². The molecule has 1 aromatic heterocycles. The summed E-state index contributed by atoms with van der Waals surface area (Å²) in [6, 6.07) is 12.1. The molecule has 0 spiro atoms. The molecule has 0 fully saturated rings. The van der Waals surface area contributed by atoms with Crippen LogP contribution in [-0.4, -0.2) is 9.97 Å². The van der Waals surface area contributed by atoms with Crippen LogP contribution >= 0.6 is 0 Å². The van der Waals surface area contributed by atoms with E-state index in [4.69, 9.17) is 5.73 Å². The molecule has 3 rings (SSSR count). The molecule has 3 N–H and O–H groups in total. The van der Waals surface area contributed by atoms with E-state index in [2.05, 4.69) is 9.97 Å². The Morgan fingerprint density at radius 1 is 1.10 bits per heavy atom. The van der Waals surface area contributed by atoms with Gasteiger partial charge in [0.1, 0.15) is 11.6 Å². The largest absolute Gasteiger partial charge is 0.398 e. The highest BCUT2D eigenvalue weighted by atomic mass is 19.1. The van der Waals surface area contributed by atoms with Gasteiger partial charge in [-0.3, -0.25) is 0 Å². The van der Waals surface area contributed by atoms with Crippen molar-refractivity contribution >= 4 is 5.69 Å². The number of aryl methyl sites for hydroxylation is 1. The number of nitrogens with one attached hydrogen (secondary N) is 1. The highest BCUT2D eigenvalue weighted by Crippen LogP contribution is 2.26. The van der Waals surface area contributed by atoms with Gasteiger partial charge < -0.3 is 10.7 Å². The molecule has 100 valence electrons. The number of nitrogens with two attached hydrogens (primary N) is 1. The first-order valence-electron chi connectivity index (χ1n) is 6.31. The summed E-state index contributed by atoms with van der Waals surface area (Å²) in [5.74, 6) is 0.457. The third-order valence-corrected chi connectivity index (χ3v) is 3.19. The summed E-state index contributed by atoms with van der Waals surface area (Å²) in [4.78, 5) is 7.56. The van der Waals surface area contributed by atoms with E-state index in [-0.39, 0.29) is 5.82 Å². The maximum absolute atomic E-state index is 12.9. The molecule has 0 aliphatic rings. The summed E-state index contributed by atoms with van der Waals surface area (Å²) < 4.78 is 12.9. The summed E-state index contributed by atoms with van der Waals surface area (Å²) in [6.45, 7) is 1.99. The van der Waals surface area contributed by atoms with Crippen molar-refractivity contribution in [2.24, 2.45) is 0 Å². The maximum Gasteiger partial charge on any atom is 0.139 e. The van der Waals surface area contributed by atoms with E-state index in [9.17, 15) is 4.39 Å². The van der Waals surface area contributed by atoms with Gasteiger partial charge in [0, 0.05) is 11.3 Å². The number of hydrogen-bond donors (Lipinski definition) is 2. The average Bonchev–Trinajstić information content (AvgIpc) is 2.89. The quantitative estimate of drug-likeness (QED) is 0.694. The molecule has 0 saturated heterocycles. The lowest BCUT2D eigenvalue weighted by Crippen LogP contribution is -1.92. The van der Waals surface area contributed by atoms with Gasteiger partial charge in [0.05, 0.1) is 11.9 Å². The Kier molecular flexibility index (Phi) is 2.99. The van der Waals surface area contributed by atoms with E-state index in [1.807, 2.05) is 25.1 Å². The number of rotatable bonds is 2. The normalized spacial score (nSPS) is 10.7. The SMILES string of the molecule is Cc1ccc(-c2ncc(-c3ccc(F)cc3)[nH]2)c(N)c1. The Morgan fingerprint density at radius 3 is 2.55 bits per heavy atom. The van der Waals surface area contributed by atoms with Gasteiger partial charge in [0.25, 0.3) is 0 Å². The lowest BCUT2D eigenvalue weighted by atomic mass is 10.1. The fourth-order valence-electron chi connectivity index (χ4n) is 2.13. The van der Waals surface area contributed by atoms with Gasteiger partial charge in [0.15, 0.2) is 0 Å². The van der Waals surface area contributed by atoms with Gasteiger partial charge in [-0.1, -0.05) is 6.07 Å². The molecule has 4 heteroatoms. The number of H-pyrrole nitrogens is 1. The van der Waals surface area contributed by atoms with Crippen LogP contribution in [0.15, 0.2) is 48.7 Å². The van der Waals surface area contributed by atoms with E-state index in [0.717, 1.165) is 22.4 Å². The van der Waals surface area contributed by atoms with Crippen molar-refractivity contribution in [3.63, 3.8) is 0 Å². The lowest BCUT2D eigenvalue weighted by Gasteiger charge is -2.03. The summed E-state index contributed by atoms with van der Waals surface area (Å²) in [5.41, 5.74) is 10.4. The molecule has 0 radical (unpaired) electrons. The van der Waals surface area contributed by atoms with Crippen LogP contribution in [0.2, 0.25) is 0 Å². The van der Waals surface area contributed by atoms with Crippen LogP contribution in [0.4, 0.5) is 10.1 Å². The lowest BCUT2D eigenvalue weighted by molar-refractivity contribution is 0.628. The van der Waals surface area contributed by atoms with Crippen LogP contribution in [0, 0.1) is 12.7 Å². The smallest absolute Gasteiger partial charge is 0.139 e. The van der Waals surface area contributed by atoms with Crippen LogP contribution < -0.4 is 5.73 Å². The zero-order chi connectivity index (χ0) is 14.1. The summed E-state index contributed by atoms with van der Waals surface area (Å²) in [5, 5.41) is 0. The van der Waals surface area contributed by atoms with Gasteiger partial charge in [-0.25, -0.2) is 9.37 Å². The molecule has 0 unspecified atom stereocenters. The number of anilines is 1. The van der Waals surface area contributed by atoms with Crippen LogP contribution in [0.5, 0.6) is 0 Å². The highest BCUT2D eigenvalue weighted by Gasteiger charge is 2.08. The first-order valence-corrected chi connectivity index (χ1v) is 6.31. The van der Waals surface area contributed by atoms with E-state index in [1.54, 1.807) is 18.3 Å². The Bertz CT molecular complexity index is 745. The molecule has 0 aliphatic heterocycles. The molecule has 0 atom stereocenters. The number of benzene rings is 2. The van der Waals surface area contributed by atoms with Crippen molar-refractivity contribution in [2.75, 3.05) is 5.73 Å². The van der Waals surface area contributed by atoms with Crippen molar-refractivity contribution < 1.29 is 4.39 Å². The first kappa shape index (κ1) is 12.4. The second-order valence-corrected chi connectivity index (χ2v) is 4.74. The predicted octanol–water partition coefficient (Wildman–Crippen LogP) is 3.77. The van der Waals surface area contributed by atoms with E-state index in [1.165, 1.54) is 12.1 Å². The second-order valence-electron chi connectivity index (χ2n) is 4.74. The average molecular weight is 267 g/mol. The summed E-state index contributed by atoms with van der Waals surface area (Å²) in [7, 11) is 0. The van der Waals surface area contributed by atoms with Crippen LogP contribution in [0.3, 0.4) is 0 Å². The molecular weight excluding hydrogens is 253 g/mol. The molecule has 3 aromatic rings. The topological polar surface area (TPSA) is 54.7 Å². The Morgan fingerprint density at radius 2 is 1.85 bits per heavy atom. The fourth-order valence-corrected chi connectivity index (χ4v) is 2.13. The molecule has 2 aromatic carbocycles. The molecule has 0 aliphatic carbocycles. The molecule has 0 bridgehead atoms. The predicted molar refractivity (Wildman–Crippen MR) is 78.6 cm³/mol. The Labute approximate surface area is 116 Å². The number of halogens is 1. The summed E-state index contributed by atoms with van der Waals surface area (Å²) in [6.07, 6.45) is 1.72. The van der Waals surface area contributed by atoms with Gasteiger partial charge in [-0.05, 0) is 54.4 Å². The van der Waals surface area contributed by atoms with Gasteiger partial charge in [0.2, 0.25) is 0 Å². The zero-order valence-corrected chi connectivity index (χ0v) is 11.0. The van der Waals surface area contributed by atoms with Crippen molar-refractivity contribution in [1.82, 2.24) is 9.97 Å². The third-order valence-electron chi connectivity index (χ3n) is 3.19. The number of nitrogen functional groups attached to an aromatic ring is 1. The van der Waals surface area contributed by atoms with E-state index < -0.39 is 0 Å². The minimum atomic E-state index is -0.253. The van der Waals surface area contributed by atoms with Crippen molar-refractivity contribution in [1.29, 1.82) is 0 Å². The zero-order valence-electron chi connectivity index (χ0n) is 11.0. The molecule has 3 nitrogen and oxygen atoms in total. The first-order chi connectivity index (χ1) is 9.63. The highest BCUT2D eigenvalue weighted by molar-refractivity contribution is 5.74. The molecule has 0 amide bonds. The fraction of sp³-hybridized carbons (Fsp3) is 0.0625. The minimum absolute atomic E-state index is 0.253. The van der Waals surface area contributed by atoms with Crippen molar-refractivity contribution in [3.05, 3.63) is 60.0 Å². The van der Waals surface area contributed by atoms with Crippen LogP contribution in [-0.2, 0) is 0 Å². The van der Waals surface area contributed by atoms with Crippen LogP contribution in [0.25, 0.3) is 22.6 Å². The molecule has 0 saturated carbocycles. The Hall–Kier alpha value is -2.62. The van der Waals surface area contributed by atoms with Crippen molar-refractivity contribution in [2.45, 2.75) is 6.92 Å². The minimum Gasteiger partial charge on any atom is -0.398 e. The van der Waals surface area contributed by atoms with Gasteiger partial charge in [-0.2, -0.15) is 0 Å². The van der Waals surface area contributed by atoms with Crippen molar-refractivity contribution in [3.8, 4) is 22.6 Å². The Balaban J connectivity index is 1.99. The van der Waals surface area contributed by atoms with Crippen LogP contribution in [0.1, 0.15) is 5.56 Å². The maximum atomic E-state index is 12.9. The number of aromatic amines is 1. The summed E-state index contributed by atoms with van der Waals surface area (Å²) >= 11 is 0. The third kappa shape index (κ3) is 2.28.